The average molecular weight is 360 g/mol. The van der Waals surface area contributed by atoms with Gasteiger partial charge in [0.1, 0.15) is 42.7 Å². The zero-order valence-corrected chi connectivity index (χ0v) is 12.3. The first kappa shape index (κ1) is 19.8. The number of ether oxygens (including phenoxy) is 3. The van der Waals surface area contributed by atoms with Crippen molar-refractivity contribution in [3.05, 3.63) is 0 Å². The van der Waals surface area contributed by atoms with E-state index in [1.807, 2.05) is 0 Å². The van der Waals surface area contributed by atoms with E-state index in [1.54, 1.807) is 0 Å². The lowest BCUT2D eigenvalue weighted by atomic mass is 9.96. The molecule has 11 nitrogen and oxygen atoms in total. The molecule has 2 rings (SSSR count). The Hall–Kier alpha value is -0.510. The van der Waals surface area contributed by atoms with Crippen molar-refractivity contribution in [1.29, 1.82) is 0 Å². The van der Waals surface area contributed by atoms with Crippen LogP contribution in [0.2, 0.25) is 0 Å². The minimum atomic E-state index is -3.66. The van der Waals surface area contributed by atoms with Crippen molar-refractivity contribution in [2.24, 2.45) is 0 Å². The Morgan fingerprint density at radius 1 is 0.875 bits per heavy atom. The SMILES string of the molecule is OC[C@H]1OC(O[C@H]2[C@H](O)[C@@H](CO)OC(O)(F)[C@@H]2O)[C@H](O)[C@@H](O)[C@H]1O. The summed E-state index contributed by atoms with van der Waals surface area (Å²) in [5, 5.41) is 76.2. The first-order chi connectivity index (χ1) is 11.1. The maximum atomic E-state index is 13.8. The number of hydrogen-bond donors (Lipinski definition) is 8. The number of alkyl halides is 1. The minimum Gasteiger partial charge on any atom is -0.394 e. The molecule has 10 atom stereocenters. The lowest BCUT2D eigenvalue weighted by Crippen LogP contribution is -2.67. The lowest BCUT2D eigenvalue weighted by Gasteiger charge is -2.46. The summed E-state index contributed by atoms with van der Waals surface area (Å²) in [4.78, 5) is 0. The number of aliphatic hydroxyl groups excluding tert-OH is 7. The topological polar surface area (TPSA) is 190 Å². The van der Waals surface area contributed by atoms with Crippen LogP contribution in [-0.4, -0.2) is 115 Å². The molecule has 0 aliphatic carbocycles. The molecule has 2 aliphatic rings. The van der Waals surface area contributed by atoms with Crippen molar-refractivity contribution in [2.45, 2.75) is 61.2 Å². The van der Waals surface area contributed by atoms with Crippen LogP contribution in [0.1, 0.15) is 0 Å². The van der Waals surface area contributed by atoms with E-state index >= 15 is 0 Å². The number of hydrogen-bond acceptors (Lipinski definition) is 11. The summed E-state index contributed by atoms with van der Waals surface area (Å²) in [5.74, 6) is 0. The lowest BCUT2D eigenvalue weighted by molar-refractivity contribution is -0.422. The van der Waals surface area contributed by atoms with Crippen molar-refractivity contribution in [3.63, 3.8) is 0 Å². The monoisotopic (exact) mass is 360 g/mol. The second kappa shape index (κ2) is 7.39. The van der Waals surface area contributed by atoms with Gasteiger partial charge in [-0.1, -0.05) is 0 Å². The van der Waals surface area contributed by atoms with Crippen LogP contribution < -0.4 is 0 Å². The Morgan fingerprint density at radius 2 is 1.46 bits per heavy atom. The maximum absolute atomic E-state index is 13.8. The Morgan fingerprint density at radius 3 is 2.00 bits per heavy atom. The molecular weight excluding hydrogens is 339 g/mol. The van der Waals surface area contributed by atoms with Crippen molar-refractivity contribution in [1.82, 2.24) is 0 Å². The number of aliphatic hydroxyl groups is 8. The van der Waals surface area contributed by atoms with E-state index in [0.29, 0.717) is 0 Å². The summed E-state index contributed by atoms with van der Waals surface area (Å²) in [6.07, 6.45) is -16.3. The molecule has 0 aromatic rings. The molecule has 2 unspecified atom stereocenters. The molecule has 2 saturated heterocycles. The first-order valence-electron chi connectivity index (χ1n) is 7.16. The highest BCUT2D eigenvalue weighted by molar-refractivity contribution is 4.95. The van der Waals surface area contributed by atoms with Crippen molar-refractivity contribution < 1.29 is 59.5 Å². The van der Waals surface area contributed by atoms with Crippen LogP contribution in [0.4, 0.5) is 4.39 Å². The minimum absolute atomic E-state index is 0.754. The van der Waals surface area contributed by atoms with Crippen LogP contribution in [0, 0.1) is 0 Å². The van der Waals surface area contributed by atoms with E-state index in [0.717, 1.165) is 0 Å². The average Bonchev–Trinajstić information content (AvgIpc) is 2.55. The predicted molar refractivity (Wildman–Crippen MR) is 68.7 cm³/mol. The third kappa shape index (κ3) is 3.54. The van der Waals surface area contributed by atoms with Gasteiger partial charge in [-0.3, -0.25) is 0 Å². The van der Waals surface area contributed by atoms with E-state index in [1.165, 1.54) is 0 Å². The molecule has 2 heterocycles. The van der Waals surface area contributed by atoms with Crippen molar-refractivity contribution in [2.75, 3.05) is 13.2 Å². The second-order valence-electron chi connectivity index (χ2n) is 5.68. The fraction of sp³-hybridized carbons (Fsp3) is 1.00. The van der Waals surface area contributed by atoms with Crippen LogP contribution in [0.25, 0.3) is 0 Å². The molecule has 0 bridgehead atoms. The van der Waals surface area contributed by atoms with Crippen molar-refractivity contribution in [3.8, 4) is 0 Å². The van der Waals surface area contributed by atoms with Gasteiger partial charge in [0.2, 0.25) is 0 Å². The Labute approximate surface area is 135 Å². The predicted octanol–water partition coefficient (Wildman–Crippen LogP) is -5.10. The highest BCUT2D eigenvalue weighted by Gasteiger charge is 2.56. The molecular formula is C12H21FO11. The van der Waals surface area contributed by atoms with Gasteiger partial charge in [0.15, 0.2) is 12.4 Å². The summed E-state index contributed by atoms with van der Waals surface area (Å²) < 4.78 is 28.2. The molecule has 8 N–H and O–H groups in total. The zero-order chi connectivity index (χ0) is 18.2. The molecule has 0 aromatic heterocycles. The maximum Gasteiger partial charge on any atom is 0.347 e. The van der Waals surface area contributed by atoms with Crippen LogP contribution in [-0.2, 0) is 14.2 Å². The molecule has 142 valence electrons. The van der Waals surface area contributed by atoms with E-state index in [9.17, 15) is 35.0 Å². The standard InChI is InChI=1S/C12H21FO11/c13-12(21)10(20)9(6(17)4(2-15)24-12)23-11-8(19)7(18)5(16)3(1-14)22-11/h3-11,14-21H,1-2H2/t3-,4-,5+,6-,7+,8-,9+,10-,11?,12?/m1/s1. The largest absolute Gasteiger partial charge is 0.394 e. The van der Waals surface area contributed by atoms with Crippen molar-refractivity contribution >= 4 is 0 Å². The van der Waals surface area contributed by atoms with Gasteiger partial charge >= 0.3 is 6.04 Å². The molecule has 0 spiro atoms. The summed E-state index contributed by atoms with van der Waals surface area (Å²) in [6, 6.07) is -3.66. The van der Waals surface area contributed by atoms with E-state index < -0.39 is 74.4 Å². The van der Waals surface area contributed by atoms with Gasteiger partial charge in [0.25, 0.3) is 0 Å². The quantitative estimate of drug-likeness (QED) is 0.239. The number of rotatable bonds is 4. The highest BCUT2D eigenvalue weighted by Crippen LogP contribution is 2.33. The molecule has 24 heavy (non-hydrogen) atoms. The van der Waals surface area contributed by atoms with Gasteiger partial charge in [-0.05, 0) is 0 Å². The Bertz CT molecular complexity index is 422. The van der Waals surface area contributed by atoms with Gasteiger partial charge < -0.3 is 55.1 Å². The summed E-state index contributed by atoms with van der Waals surface area (Å²) in [7, 11) is 0. The highest BCUT2D eigenvalue weighted by atomic mass is 19.2. The molecule has 0 amide bonds. The molecule has 2 fully saturated rings. The zero-order valence-electron chi connectivity index (χ0n) is 12.3. The first-order valence-corrected chi connectivity index (χ1v) is 7.16. The third-order valence-corrected chi connectivity index (χ3v) is 4.03. The fourth-order valence-electron chi connectivity index (χ4n) is 2.59. The fourth-order valence-corrected chi connectivity index (χ4v) is 2.59. The Balaban J connectivity index is 2.17. The van der Waals surface area contributed by atoms with E-state index in [4.69, 9.17) is 19.7 Å². The van der Waals surface area contributed by atoms with E-state index in [2.05, 4.69) is 4.74 Å². The van der Waals surface area contributed by atoms with Crippen LogP contribution in [0.3, 0.4) is 0 Å². The van der Waals surface area contributed by atoms with Gasteiger partial charge in [-0.2, -0.15) is 4.39 Å². The van der Waals surface area contributed by atoms with Gasteiger partial charge in [0.05, 0.1) is 13.2 Å². The third-order valence-electron chi connectivity index (χ3n) is 4.03. The van der Waals surface area contributed by atoms with Crippen LogP contribution in [0.15, 0.2) is 0 Å². The van der Waals surface area contributed by atoms with E-state index in [-0.39, 0.29) is 0 Å². The summed E-state index contributed by atoms with van der Waals surface area (Å²) in [5.41, 5.74) is 0. The molecule has 0 saturated carbocycles. The molecule has 0 aromatic carbocycles. The smallest absolute Gasteiger partial charge is 0.347 e. The van der Waals surface area contributed by atoms with Crippen LogP contribution >= 0.6 is 0 Å². The van der Waals surface area contributed by atoms with Gasteiger partial charge in [-0.15, -0.1) is 0 Å². The van der Waals surface area contributed by atoms with Gasteiger partial charge in [-0.25, -0.2) is 0 Å². The number of halogens is 1. The normalized spacial score (nSPS) is 53.1. The second-order valence-corrected chi connectivity index (χ2v) is 5.68. The van der Waals surface area contributed by atoms with Crippen LogP contribution in [0.5, 0.6) is 0 Å². The molecule has 0 radical (unpaired) electrons. The Kier molecular flexibility index (Phi) is 6.10. The van der Waals surface area contributed by atoms with Gasteiger partial charge in [0, 0.05) is 0 Å². The summed E-state index contributed by atoms with van der Waals surface area (Å²) in [6.45, 7) is -1.68. The molecule has 12 heteroatoms. The summed E-state index contributed by atoms with van der Waals surface area (Å²) >= 11 is 0. The molecule has 2 aliphatic heterocycles.